The molecule has 0 atom stereocenters. The third-order valence-corrected chi connectivity index (χ3v) is 3.46. The van der Waals surface area contributed by atoms with Crippen LogP contribution in [0.5, 0.6) is 0 Å². The molecule has 0 saturated heterocycles. The zero-order chi connectivity index (χ0) is 11.3. The Balaban J connectivity index is 2.08. The van der Waals surface area contributed by atoms with E-state index in [1.54, 1.807) is 0 Å². The lowest BCUT2D eigenvalue weighted by atomic mass is 10.2. The van der Waals surface area contributed by atoms with Crippen molar-refractivity contribution in [2.75, 3.05) is 18.6 Å². The molecule has 1 aliphatic carbocycles. The number of allylic oxidation sites excluding steroid dienone is 1. The van der Waals surface area contributed by atoms with Crippen molar-refractivity contribution in [2.24, 2.45) is 0 Å². The quantitative estimate of drug-likeness (QED) is 0.533. The monoisotopic (exact) mass is 231 g/mol. The molecule has 0 aromatic carbocycles. The minimum absolute atomic E-state index is 0.269. The zero-order valence-electron chi connectivity index (χ0n) is 9.62. The second-order valence-electron chi connectivity index (χ2n) is 4.45. The van der Waals surface area contributed by atoms with Gasteiger partial charge in [-0.1, -0.05) is 11.6 Å². The number of sulfone groups is 1. The van der Waals surface area contributed by atoms with Crippen molar-refractivity contribution >= 4 is 9.84 Å². The van der Waals surface area contributed by atoms with Gasteiger partial charge in [-0.3, -0.25) is 0 Å². The van der Waals surface area contributed by atoms with Crippen LogP contribution in [0.3, 0.4) is 0 Å². The maximum absolute atomic E-state index is 10.9. The molecule has 0 aromatic heterocycles. The van der Waals surface area contributed by atoms with Crippen LogP contribution in [0.15, 0.2) is 11.6 Å². The summed E-state index contributed by atoms with van der Waals surface area (Å²) in [5, 5.41) is 3.42. The Morgan fingerprint density at radius 1 is 1.47 bits per heavy atom. The SMILES string of the molecule is CC(=CCCNC1CC1)CCS(C)(=O)=O. The van der Waals surface area contributed by atoms with Crippen molar-refractivity contribution in [3.05, 3.63) is 11.6 Å². The molecular weight excluding hydrogens is 210 g/mol. The maximum atomic E-state index is 10.9. The van der Waals surface area contributed by atoms with Crippen molar-refractivity contribution < 1.29 is 8.42 Å². The van der Waals surface area contributed by atoms with Crippen LogP contribution in [0.25, 0.3) is 0 Å². The Hall–Kier alpha value is -0.350. The van der Waals surface area contributed by atoms with Crippen LogP contribution in [0, 0.1) is 0 Å². The van der Waals surface area contributed by atoms with Crippen molar-refractivity contribution in [3.8, 4) is 0 Å². The molecule has 88 valence electrons. The fourth-order valence-electron chi connectivity index (χ4n) is 1.34. The van der Waals surface area contributed by atoms with E-state index in [2.05, 4.69) is 11.4 Å². The Kier molecular flexibility index (Phi) is 4.80. The summed E-state index contributed by atoms with van der Waals surface area (Å²) in [5.41, 5.74) is 1.18. The molecule has 0 amide bonds. The highest BCUT2D eigenvalue weighted by Gasteiger charge is 2.19. The van der Waals surface area contributed by atoms with Gasteiger partial charge in [0.05, 0.1) is 5.75 Å². The molecule has 0 spiro atoms. The molecule has 1 saturated carbocycles. The normalized spacial score (nSPS) is 18.1. The Labute approximate surface area is 92.9 Å². The molecule has 1 rings (SSSR count). The van der Waals surface area contributed by atoms with Crippen molar-refractivity contribution in [1.29, 1.82) is 0 Å². The molecule has 0 aliphatic heterocycles. The highest BCUT2D eigenvalue weighted by atomic mass is 32.2. The van der Waals surface area contributed by atoms with Crippen molar-refractivity contribution in [1.82, 2.24) is 5.32 Å². The molecule has 0 radical (unpaired) electrons. The molecule has 0 unspecified atom stereocenters. The molecule has 1 aliphatic rings. The number of nitrogens with one attached hydrogen (secondary N) is 1. The maximum Gasteiger partial charge on any atom is 0.147 e. The van der Waals surface area contributed by atoms with E-state index in [1.165, 1.54) is 24.7 Å². The summed E-state index contributed by atoms with van der Waals surface area (Å²) in [6, 6.07) is 0.759. The summed E-state index contributed by atoms with van der Waals surface area (Å²) in [4.78, 5) is 0. The smallest absolute Gasteiger partial charge is 0.147 e. The summed E-state index contributed by atoms with van der Waals surface area (Å²) in [6.45, 7) is 3.02. The first-order valence-corrected chi connectivity index (χ1v) is 7.60. The first-order valence-electron chi connectivity index (χ1n) is 5.54. The third kappa shape index (κ3) is 7.56. The fraction of sp³-hybridized carbons (Fsp3) is 0.818. The van der Waals surface area contributed by atoms with Crippen LogP contribution in [-0.4, -0.2) is 33.0 Å². The minimum Gasteiger partial charge on any atom is -0.314 e. The van der Waals surface area contributed by atoms with E-state index < -0.39 is 9.84 Å². The first kappa shape index (κ1) is 12.7. The highest BCUT2D eigenvalue weighted by molar-refractivity contribution is 7.90. The summed E-state index contributed by atoms with van der Waals surface area (Å²) in [5.74, 6) is 0.269. The van der Waals surface area contributed by atoms with Crippen LogP contribution < -0.4 is 5.32 Å². The van der Waals surface area contributed by atoms with E-state index in [0.717, 1.165) is 19.0 Å². The van der Waals surface area contributed by atoms with Gasteiger partial charge in [0.1, 0.15) is 9.84 Å². The van der Waals surface area contributed by atoms with E-state index in [4.69, 9.17) is 0 Å². The number of rotatable bonds is 7. The summed E-state index contributed by atoms with van der Waals surface area (Å²) in [7, 11) is -2.81. The van der Waals surface area contributed by atoms with Crippen LogP contribution >= 0.6 is 0 Å². The van der Waals surface area contributed by atoms with Gasteiger partial charge >= 0.3 is 0 Å². The first-order chi connectivity index (χ1) is 6.97. The summed E-state index contributed by atoms with van der Waals surface area (Å²) in [6.07, 6.45) is 7.73. The van der Waals surface area contributed by atoms with Crippen LogP contribution in [0.2, 0.25) is 0 Å². The van der Waals surface area contributed by atoms with Gasteiger partial charge in [0.2, 0.25) is 0 Å². The molecule has 1 N–H and O–H groups in total. The van der Waals surface area contributed by atoms with E-state index in [1.807, 2.05) is 6.92 Å². The average molecular weight is 231 g/mol. The molecule has 0 bridgehead atoms. The molecule has 1 fully saturated rings. The predicted octanol–water partition coefficient (Wildman–Crippen LogP) is 1.51. The van der Waals surface area contributed by atoms with Gasteiger partial charge < -0.3 is 5.32 Å². The van der Waals surface area contributed by atoms with Gasteiger partial charge in [-0.2, -0.15) is 0 Å². The second-order valence-corrected chi connectivity index (χ2v) is 6.71. The van der Waals surface area contributed by atoms with Gasteiger partial charge in [-0.15, -0.1) is 0 Å². The summed E-state index contributed by atoms with van der Waals surface area (Å²) < 4.78 is 21.8. The van der Waals surface area contributed by atoms with Crippen molar-refractivity contribution in [2.45, 2.75) is 38.6 Å². The molecule has 0 aromatic rings. The van der Waals surface area contributed by atoms with Gasteiger partial charge in [-0.05, 0) is 39.2 Å². The van der Waals surface area contributed by atoms with E-state index in [9.17, 15) is 8.42 Å². The van der Waals surface area contributed by atoms with Crippen LogP contribution in [0.4, 0.5) is 0 Å². The Bertz CT molecular complexity index is 315. The molecule has 0 heterocycles. The molecule has 4 heteroatoms. The molecule has 15 heavy (non-hydrogen) atoms. The summed E-state index contributed by atoms with van der Waals surface area (Å²) >= 11 is 0. The standard InChI is InChI=1S/C11H21NO2S/c1-10(7-9-15(2,13)14)4-3-8-12-11-5-6-11/h4,11-12H,3,5-9H2,1-2H3. The zero-order valence-corrected chi connectivity index (χ0v) is 10.4. The number of hydrogen-bond donors (Lipinski definition) is 1. The van der Waals surface area contributed by atoms with E-state index in [-0.39, 0.29) is 5.75 Å². The molecule has 3 nitrogen and oxygen atoms in total. The van der Waals surface area contributed by atoms with Gasteiger partial charge in [0.25, 0.3) is 0 Å². The molecular formula is C11H21NO2S. The van der Waals surface area contributed by atoms with Gasteiger partial charge in [0.15, 0.2) is 0 Å². The second kappa shape index (κ2) is 5.66. The third-order valence-electron chi connectivity index (χ3n) is 2.51. The van der Waals surface area contributed by atoms with Crippen LogP contribution in [-0.2, 0) is 9.84 Å². The van der Waals surface area contributed by atoms with Gasteiger partial charge in [-0.25, -0.2) is 8.42 Å². The van der Waals surface area contributed by atoms with E-state index in [0.29, 0.717) is 6.42 Å². The number of hydrogen-bond acceptors (Lipinski definition) is 3. The average Bonchev–Trinajstić information content (AvgIpc) is 2.91. The van der Waals surface area contributed by atoms with Crippen LogP contribution in [0.1, 0.15) is 32.6 Å². The lowest BCUT2D eigenvalue weighted by Crippen LogP contribution is -2.16. The Morgan fingerprint density at radius 2 is 2.13 bits per heavy atom. The largest absolute Gasteiger partial charge is 0.314 e. The Morgan fingerprint density at radius 3 is 2.67 bits per heavy atom. The van der Waals surface area contributed by atoms with Gasteiger partial charge in [0, 0.05) is 12.3 Å². The van der Waals surface area contributed by atoms with E-state index >= 15 is 0 Å². The highest BCUT2D eigenvalue weighted by Crippen LogP contribution is 2.18. The topological polar surface area (TPSA) is 46.2 Å². The lowest BCUT2D eigenvalue weighted by Gasteiger charge is -2.01. The fourth-order valence-corrected chi connectivity index (χ4v) is 2.03. The lowest BCUT2D eigenvalue weighted by molar-refractivity contribution is 0.601. The minimum atomic E-state index is -2.81. The van der Waals surface area contributed by atoms with Crippen molar-refractivity contribution in [3.63, 3.8) is 0 Å². The predicted molar refractivity (Wildman–Crippen MR) is 63.7 cm³/mol.